The summed E-state index contributed by atoms with van der Waals surface area (Å²) in [6.45, 7) is 0.294. The van der Waals surface area contributed by atoms with Crippen LogP contribution in [-0.4, -0.2) is 33.9 Å². The molecule has 2 aromatic rings. The highest BCUT2D eigenvalue weighted by Gasteiger charge is 2.27. The first-order valence-electron chi connectivity index (χ1n) is 7.66. The summed E-state index contributed by atoms with van der Waals surface area (Å²) in [4.78, 5) is 31.9. The number of nitrogens with zero attached hydrogens (tertiary/aromatic N) is 6. The van der Waals surface area contributed by atoms with Gasteiger partial charge in [-0.3, -0.25) is 25.8 Å². The molecule has 0 saturated carbocycles. The number of nitriles is 2. The lowest BCUT2D eigenvalue weighted by Crippen LogP contribution is -2.31. The third-order valence-electron chi connectivity index (χ3n) is 3.31. The highest BCUT2D eigenvalue weighted by molar-refractivity contribution is 5.92. The fourth-order valence-electron chi connectivity index (χ4n) is 2.14. The molecule has 2 aromatic heterocycles. The van der Waals surface area contributed by atoms with Gasteiger partial charge in [0.15, 0.2) is 5.76 Å². The quantitative estimate of drug-likeness (QED) is 0.484. The van der Waals surface area contributed by atoms with Gasteiger partial charge in [0.2, 0.25) is 11.6 Å². The lowest BCUT2D eigenvalue weighted by Gasteiger charge is -2.21. The Labute approximate surface area is 153 Å². The van der Waals surface area contributed by atoms with E-state index in [-0.39, 0.29) is 43.3 Å². The van der Waals surface area contributed by atoms with Gasteiger partial charge in [0.25, 0.3) is 0 Å². The van der Waals surface area contributed by atoms with Gasteiger partial charge < -0.3 is 9.32 Å². The van der Waals surface area contributed by atoms with Crippen LogP contribution >= 0.6 is 0 Å². The van der Waals surface area contributed by atoms with Gasteiger partial charge >= 0.3 is 11.6 Å². The summed E-state index contributed by atoms with van der Waals surface area (Å²) in [5, 5.41) is 29.1. The van der Waals surface area contributed by atoms with Gasteiger partial charge in [0.1, 0.15) is 6.33 Å². The Kier molecular flexibility index (Phi) is 6.62. The van der Waals surface area contributed by atoms with Gasteiger partial charge in [-0.25, -0.2) is 9.97 Å². The molecule has 138 valence electrons. The van der Waals surface area contributed by atoms with E-state index in [1.807, 2.05) is 12.1 Å². The molecule has 1 amide bonds. The van der Waals surface area contributed by atoms with Gasteiger partial charge in [-0.1, -0.05) is 0 Å². The Morgan fingerprint density at radius 1 is 1.30 bits per heavy atom. The third kappa shape index (κ3) is 4.90. The summed E-state index contributed by atoms with van der Waals surface area (Å²) in [6.07, 6.45) is 2.56. The highest BCUT2D eigenvalue weighted by atomic mass is 16.6. The van der Waals surface area contributed by atoms with E-state index < -0.39 is 16.5 Å². The smallest absolute Gasteiger partial charge is 0.355 e. The lowest BCUT2D eigenvalue weighted by atomic mass is 10.3. The molecule has 12 heteroatoms. The number of aromatic nitrogens is 2. The third-order valence-corrected chi connectivity index (χ3v) is 3.31. The van der Waals surface area contributed by atoms with Crippen molar-refractivity contribution in [2.75, 3.05) is 23.4 Å². The van der Waals surface area contributed by atoms with Crippen LogP contribution in [0.15, 0.2) is 29.1 Å². The van der Waals surface area contributed by atoms with Crippen LogP contribution < -0.4 is 15.8 Å². The number of amides is 1. The van der Waals surface area contributed by atoms with E-state index in [2.05, 4.69) is 20.8 Å². The maximum atomic E-state index is 11.9. The van der Waals surface area contributed by atoms with Crippen molar-refractivity contribution < 1.29 is 14.1 Å². The molecule has 2 heterocycles. The predicted molar refractivity (Wildman–Crippen MR) is 91.2 cm³/mol. The van der Waals surface area contributed by atoms with Gasteiger partial charge in [-0.05, 0) is 12.1 Å². The zero-order valence-electron chi connectivity index (χ0n) is 14.0. The van der Waals surface area contributed by atoms with Crippen LogP contribution in [-0.2, 0) is 0 Å². The molecule has 2 rings (SSSR count). The molecule has 0 aliphatic heterocycles. The number of hydrogen-bond donors (Lipinski definition) is 2. The molecular weight excluding hydrogens is 356 g/mol. The maximum Gasteiger partial charge on any atom is 0.355 e. The first-order chi connectivity index (χ1) is 13.1. The number of rotatable bonds is 9. The second kappa shape index (κ2) is 9.33. The molecule has 0 saturated heterocycles. The minimum absolute atomic E-state index is 0.00380. The summed E-state index contributed by atoms with van der Waals surface area (Å²) < 4.78 is 4.92. The summed E-state index contributed by atoms with van der Waals surface area (Å²) in [5.74, 6) is -0.955. The Morgan fingerprint density at radius 2 is 2.00 bits per heavy atom. The Bertz CT molecular complexity index is 866. The Balaban J connectivity index is 2.28. The number of anilines is 2. The van der Waals surface area contributed by atoms with E-state index in [1.165, 1.54) is 23.3 Å². The van der Waals surface area contributed by atoms with E-state index in [0.717, 1.165) is 6.33 Å². The molecule has 0 fully saturated rings. The number of carbonyl (C=O) groups is 1. The molecule has 0 aromatic carbocycles. The first kappa shape index (κ1) is 19.1. The number of carbonyl (C=O) groups excluding carboxylic acids is 1. The lowest BCUT2D eigenvalue weighted by molar-refractivity contribution is -0.383. The van der Waals surface area contributed by atoms with Crippen molar-refractivity contribution in [1.29, 1.82) is 10.5 Å². The second-order valence-electron chi connectivity index (χ2n) is 5.01. The molecule has 2 N–H and O–H groups in total. The monoisotopic (exact) mass is 370 g/mol. The van der Waals surface area contributed by atoms with Gasteiger partial charge in [0, 0.05) is 13.1 Å². The van der Waals surface area contributed by atoms with Crippen molar-refractivity contribution in [3.8, 4) is 12.1 Å². The van der Waals surface area contributed by atoms with Crippen LogP contribution in [0.3, 0.4) is 0 Å². The van der Waals surface area contributed by atoms with E-state index in [0.29, 0.717) is 0 Å². The van der Waals surface area contributed by atoms with E-state index in [1.54, 1.807) is 0 Å². The minimum atomic E-state index is -0.706. The zero-order valence-corrected chi connectivity index (χ0v) is 14.0. The number of hydrogen-bond acceptors (Lipinski definition) is 10. The van der Waals surface area contributed by atoms with Gasteiger partial charge in [-0.2, -0.15) is 10.5 Å². The van der Waals surface area contributed by atoms with Crippen LogP contribution in [0, 0.1) is 32.8 Å². The maximum absolute atomic E-state index is 11.9. The van der Waals surface area contributed by atoms with Crippen molar-refractivity contribution in [3.63, 3.8) is 0 Å². The van der Waals surface area contributed by atoms with Crippen molar-refractivity contribution >= 4 is 23.2 Å². The first-order valence-corrected chi connectivity index (χ1v) is 7.66. The average Bonchev–Trinajstić information content (AvgIpc) is 3.20. The number of nitro groups is 1. The van der Waals surface area contributed by atoms with Gasteiger partial charge in [0.05, 0.1) is 36.2 Å². The van der Waals surface area contributed by atoms with Gasteiger partial charge in [-0.15, -0.1) is 0 Å². The van der Waals surface area contributed by atoms with Crippen molar-refractivity contribution in [1.82, 2.24) is 15.4 Å². The highest BCUT2D eigenvalue weighted by Crippen LogP contribution is 2.31. The molecule has 0 radical (unpaired) electrons. The van der Waals surface area contributed by atoms with Crippen LogP contribution in [0.4, 0.5) is 17.3 Å². The standard InChI is InChI=1S/C15H14N8O4/c16-5-2-7-22(8-3-6-17)14-12(23(25)26)13(18-10-19-14)20-21-15(24)11-4-1-9-27-11/h1,4,9-10H,2-3,7-8H2,(H,21,24)(H,18,19,20). The summed E-state index contributed by atoms with van der Waals surface area (Å²) >= 11 is 0. The van der Waals surface area contributed by atoms with E-state index in [9.17, 15) is 14.9 Å². The molecular formula is C15H14N8O4. The molecule has 0 spiro atoms. The van der Waals surface area contributed by atoms with Crippen LogP contribution in [0.5, 0.6) is 0 Å². The van der Waals surface area contributed by atoms with E-state index in [4.69, 9.17) is 14.9 Å². The van der Waals surface area contributed by atoms with Crippen molar-refractivity contribution in [2.24, 2.45) is 0 Å². The summed E-state index contributed by atoms with van der Waals surface area (Å²) in [6, 6.07) is 6.82. The molecule has 0 bridgehead atoms. The average molecular weight is 370 g/mol. The summed E-state index contributed by atoms with van der Waals surface area (Å²) in [5.41, 5.74) is 4.14. The largest absolute Gasteiger partial charge is 0.459 e. The fraction of sp³-hybridized carbons (Fsp3) is 0.267. The minimum Gasteiger partial charge on any atom is -0.459 e. The Morgan fingerprint density at radius 3 is 2.56 bits per heavy atom. The molecule has 0 unspecified atom stereocenters. The summed E-state index contributed by atoms with van der Waals surface area (Å²) in [7, 11) is 0. The molecule has 0 aliphatic carbocycles. The fourth-order valence-corrected chi connectivity index (χ4v) is 2.14. The normalized spacial score (nSPS) is 9.70. The number of nitrogens with one attached hydrogen (secondary N) is 2. The molecule has 0 aliphatic rings. The zero-order chi connectivity index (χ0) is 19.6. The molecule has 12 nitrogen and oxygen atoms in total. The molecule has 0 atom stereocenters. The second-order valence-corrected chi connectivity index (χ2v) is 5.01. The SMILES string of the molecule is N#CCCN(CCC#N)c1ncnc(NNC(=O)c2ccco2)c1[N+](=O)[O-]. The van der Waals surface area contributed by atoms with Crippen LogP contribution in [0.1, 0.15) is 23.4 Å². The van der Waals surface area contributed by atoms with E-state index >= 15 is 0 Å². The number of furan rings is 1. The van der Waals surface area contributed by atoms with Crippen molar-refractivity contribution in [3.05, 3.63) is 40.6 Å². The van der Waals surface area contributed by atoms with Crippen LogP contribution in [0.25, 0.3) is 0 Å². The van der Waals surface area contributed by atoms with Crippen molar-refractivity contribution in [2.45, 2.75) is 12.8 Å². The van der Waals surface area contributed by atoms with Crippen LogP contribution in [0.2, 0.25) is 0 Å². The number of hydrazine groups is 1. The topological polar surface area (TPSA) is 174 Å². The predicted octanol–water partition coefficient (Wildman–Crippen LogP) is 1.37. The Hall–Kier alpha value is -4.19. The molecule has 27 heavy (non-hydrogen) atoms.